The van der Waals surface area contributed by atoms with E-state index in [0.717, 1.165) is 17.7 Å². The number of carbonyl (C=O) groups excluding carboxylic acids is 1. The molecule has 1 aromatic rings. The lowest BCUT2D eigenvalue weighted by molar-refractivity contribution is -0.144. The normalized spacial score (nSPS) is 21.1. The second-order valence-electron chi connectivity index (χ2n) is 9.22. The van der Waals surface area contributed by atoms with Crippen molar-refractivity contribution < 1.29 is 32.6 Å². The van der Waals surface area contributed by atoms with Crippen molar-refractivity contribution in [3.63, 3.8) is 0 Å². The molecule has 0 fully saturated rings. The van der Waals surface area contributed by atoms with Gasteiger partial charge in [0.2, 0.25) is 0 Å². The van der Waals surface area contributed by atoms with Crippen LogP contribution < -0.4 is 5.32 Å². The molecule has 3 rings (SSSR count). The molecule has 2 aliphatic rings. The highest BCUT2D eigenvalue weighted by Crippen LogP contribution is 2.50. The minimum absolute atomic E-state index is 0.0698. The van der Waals surface area contributed by atoms with Crippen molar-refractivity contribution in [3.8, 4) is 0 Å². The summed E-state index contributed by atoms with van der Waals surface area (Å²) in [7, 11) is 0. The second-order valence-corrected chi connectivity index (χ2v) is 11.0. The third-order valence-corrected chi connectivity index (χ3v) is 8.28. The molecular formula is C25H27ClF3NO4S. The Labute approximate surface area is 211 Å². The SMILES string of the molecule is CCC(C)(C)C(NC(=O)C1=C(OCc2ccc(C(F)(F)F)cc2)C2C(C)=C(Cl)SC2C=C1)C(=O)O. The van der Waals surface area contributed by atoms with Crippen LogP contribution in [0.4, 0.5) is 13.2 Å². The molecule has 3 atom stereocenters. The van der Waals surface area contributed by atoms with Gasteiger partial charge in [-0.2, -0.15) is 13.2 Å². The number of ether oxygens (including phenoxy) is 1. The number of aliphatic carboxylic acids is 1. The van der Waals surface area contributed by atoms with Crippen LogP contribution in [0.3, 0.4) is 0 Å². The first-order valence-corrected chi connectivity index (χ1v) is 12.3. The van der Waals surface area contributed by atoms with E-state index in [1.165, 1.54) is 23.9 Å². The molecule has 2 N–H and O–H groups in total. The number of carbonyl (C=O) groups is 2. The van der Waals surface area contributed by atoms with Gasteiger partial charge in [-0.15, -0.1) is 11.8 Å². The van der Waals surface area contributed by atoms with Gasteiger partial charge in [0.05, 0.1) is 21.4 Å². The average Bonchev–Trinajstić information content (AvgIpc) is 3.08. The molecule has 0 spiro atoms. The van der Waals surface area contributed by atoms with Gasteiger partial charge in [-0.05, 0) is 48.1 Å². The van der Waals surface area contributed by atoms with Crippen molar-refractivity contribution in [1.82, 2.24) is 5.32 Å². The number of halogens is 4. The van der Waals surface area contributed by atoms with Crippen molar-refractivity contribution >= 4 is 35.2 Å². The number of amides is 1. The summed E-state index contributed by atoms with van der Waals surface area (Å²) < 4.78 is 45.3. The molecule has 1 amide bonds. The highest BCUT2D eigenvalue weighted by molar-refractivity contribution is 8.05. The first-order valence-electron chi connectivity index (χ1n) is 11.0. The van der Waals surface area contributed by atoms with Crippen LogP contribution >= 0.6 is 23.4 Å². The summed E-state index contributed by atoms with van der Waals surface area (Å²) in [6.45, 7) is 7.12. The maximum absolute atomic E-state index is 13.3. The monoisotopic (exact) mass is 529 g/mol. The van der Waals surface area contributed by atoms with E-state index in [1.54, 1.807) is 19.9 Å². The Morgan fingerprint density at radius 2 is 1.86 bits per heavy atom. The van der Waals surface area contributed by atoms with Gasteiger partial charge in [0, 0.05) is 5.25 Å². The van der Waals surface area contributed by atoms with E-state index in [1.807, 2.05) is 19.9 Å². The van der Waals surface area contributed by atoms with Crippen molar-refractivity contribution in [1.29, 1.82) is 0 Å². The van der Waals surface area contributed by atoms with Gasteiger partial charge in [-0.1, -0.05) is 50.6 Å². The van der Waals surface area contributed by atoms with Crippen LogP contribution in [-0.4, -0.2) is 28.3 Å². The zero-order valence-corrected chi connectivity index (χ0v) is 21.3. The van der Waals surface area contributed by atoms with Crippen LogP contribution in [0.1, 0.15) is 45.2 Å². The number of carboxylic acid groups (broad SMARTS) is 1. The lowest BCUT2D eigenvalue weighted by Crippen LogP contribution is -2.50. The predicted molar refractivity (Wildman–Crippen MR) is 129 cm³/mol. The largest absolute Gasteiger partial charge is 0.492 e. The van der Waals surface area contributed by atoms with Crippen molar-refractivity contribution in [2.75, 3.05) is 0 Å². The number of carboxylic acids is 1. The number of benzene rings is 1. The number of allylic oxidation sites excluding steroid dienone is 1. The molecule has 1 aromatic carbocycles. The second kappa shape index (κ2) is 10.3. The molecule has 5 nitrogen and oxygen atoms in total. The Morgan fingerprint density at radius 1 is 1.23 bits per heavy atom. The summed E-state index contributed by atoms with van der Waals surface area (Å²) in [6, 6.07) is 3.46. The van der Waals surface area contributed by atoms with Gasteiger partial charge in [-0.3, -0.25) is 4.79 Å². The summed E-state index contributed by atoms with van der Waals surface area (Å²) in [5.41, 5.74) is -0.000430. The average molecular weight is 530 g/mol. The van der Waals surface area contributed by atoms with Crippen molar-refractivity contribution in [2.24, 2.45) is 11.3 Å². The minimum Gasteiger partial charge on any atom is -0.492 e. The van der Waals surface area contributed by atoms with Gasteiger partial charge in [0.25, 0.3) is 5.91 Å². The zero-order chi connectivity index (χ0) is 26.1. The smallest absolute Gasteiger partial charge is 0.416 e. The first kappa shape index (κ1) is 27.2. The van der Waals surface area contributed by atoms with Gasteiger partial charge >= 0.3 is 12.1 Å². The van der Waals surface area contributed by atoms with Gasteiger partial charge in [-0.25, -0.2) is 4.79 Å². The zero-order valence-electron chi connectivity index (χ0n) is 19.7. The lowest BCUT2D eigenvalue weighted by Gasteiger charge is -2.32. The number of hydrogen-bond donors (Lipinski definition) is 2. The van der Waals surface area contributed by atoms with Crippen LogP contribution in [-0.2, 0) is 27.1 Å². The standard InChI is InChI=1S/C25H27ClF3NO4S/c1-5-24(3,4)20(23(32)33)30-22(31)16-10-11-17-18(13(2)21(26)35-17)19(16)34-12-14-6-8-15(9-7-14)25(27,28)29/h6-11,17-18,20H,5,12H2,1-4H3,(H,30,31)(H,32,33). The summed E-state index contributed by atoms with van der Waals surface area (Å²) in [6.07, 6.45) is -0.502. The van der Waals surface area contributed by atoms with Crippen LogP contribution in [0.25, 0.3) is 0 Å². The molecule has 0 aromatic heterocycles. The fourth-order valence-corrected chi connectivity index (χ4v) is 5.50. The molecule has 1 heterocycles. The van der Waals surface area contributed by atoms with E-state index in [2.05, 4.69) is 5.32 Å². The number of fused-ring (bicyclic) bond motifs is 1. The quantitative estimate of drug-likeness (QED) is 0.416. The molecule has 10 heteroatoms. The van der Waals surface area contributed by atoms with Crippen LogP contribution in [0, 0.1) is 11.3 Å². The molecule has 0 radical (unpaired) electrons. The molecule has 1 aliphatic heterocycles. The fourth-order valence-electron chi connectivity index (χ4n) is 3.90. The number of alkyl halides is 3. The molecular weight excluding hydrogens is 503 g/mol. The summed E-state index contributed by atoms with van der Waals surface area (Å²) >= 11 is 7.78. The first-order chi connectivity index (χ1) is 16.3. The summed E-state index contributed by atoms with van der Waals surface area (Å²) in [5, 5.41) is 12.2. The minimum atomic E-state index is -4.44. The number of thioether (sulfide) groups is 1. The van der Waals surface area contributed by atoms with Gasteiger partial charge < -0.3 is 15.2 Å². The summed E-state index contributed by atoms with van der Waals surface area (Å²) in [4.78, 5) is 25.2. The van der Waals surface area contributed by atoms with E-state index < -0.39 is 35.1 Å². The summed E-state index contributed by atoms with van der Waals surface area (Å²) in [5.74, 6) is -1.78. The topological polar surface area (TPSA) is 75.6 Å². The molecule has 35 heavy (non-hydrogen) atoms. The lowest BCUT2D eigenvalue weighted by atomic mass is 9.81. The van der Waals surface area contributed by atoms with Gasteiger partial charge in [0.15, 0.2) is 0 Å². The third-order valence-electron chi connectivity index (χ3n) is 6.48. The van der Waals surface area contributed by atoms with Crippen molar-refractivity contribution in [3.05, 3.63) is 68.8 Å². The molecule has 0 bridgehead atoms. The van der Waals surface area contributed by atoms with Crippen LogP contribution in [0.2, 0.25) is 0 Å². The van der Waals surface area contributed by atoms with E-state index in [9.17, 15) is 27.9 Å². The highest BCUT2D eigenvalue weighted by atomic mass is 35.5. The predicted octanol–water partition coefficient (Wildman–Crippen LogP) is 6.25. The van der Waals surface area contributed by atoms with E-state index in [0.29, 0.717) is 22.1 Å². The van der Waals surface area contributed by atoms with Crippen LogP contribution in [0.15, 0.2) is 57.7 Å². The third kappa shape index (κ3) is 5.89. The maximum Gasteiger partial charge on any atom is 0.416 e. The van der Waals surface area contributed by atoms with E-state index in [-0.39, 0.29) is 23.3 Å². The molecule has 190 valence electrons. The number of nitrogens with one attached hydrogen (secondary N) is 1. The Morgan fingerprint density at radius 3 is 2.40 bits per heavy atom. The Hall–Kier alpha value is -2.39. The highest BCUT2D eigenvalue weighted by Gasteiger charge is 2.41. The number of rotatable bonds is 8. The Kier molecular flexibility index (Phi) is 8.01. The Bertz CT molecular complexity index is 1090. The molecule has 3 unspecified atom stereocenters. The maximum atomic E-state index is 13.3. The fraction of sp³-hybridized carbons (Fsp3) is 0.440. The van der Waals surface area contributed by atoms with Gasteiger partial charge in [0.1, 0.15) is 18.4 Å². The number of hydrogen-bond acceptors (Lipinski definition) is 4. The van der Waals surface area contributed by atoms with Crippen LogP contribution in [0.5, 0.6) is 0 Å². The van der Waals surface area contributed by atoms with Crippen molar-refractivity contribution in [2.45, 2.75) is 58.2 Å². The van der Waals surface area contributed by atoms with E-state index in [4.69, 9.17) is 16.3 Å². The Balaban J connectivity index is 1.93. The van der Waals surface area contributed by atoms with E-state index >= 15 is 0 Å². The molecule has 0 saturated heterocycles. The molecule has 1 aliphatic carbocycles. The molecule has 0 saturated carbocycles.